The van der Waals surface area contributed by atoms with Gasteiger partial charge in [0.25, 0.3) is 5.89 Å². The molecule has 1 aliphatic heterocycles. The van der Waals surface area contributed by atoms with Crippen LogP contribution >= 0.6 is 0 Å². The molecule has 144 valence electrons. The fraction of sp³-hybridized carbons (Fsp3) is 0.333. The highest BCUT2D eigenvalue weighted by Gasteiger charge is 2.20. The van der Waals surface area contributed by atoms with Crippen LogP contribution in [0.25, 0.3) is 11.5 Å². The molecule has 5 rings (SSSR count). The van der Waals surface area contributed by atoms with Crippen molar-refractivity contribution in [3.8, 4) is 28.7 Å². The number of benzene rings is 2. The average Bonchev–Trinajstić information content (AvgIpc) is 3.40. The Bertz CT molecular complexity index is 1000. The van der Waals surface area contributed by atoms with Gasteiger partial charge in [-0.1, -0.05) is 11.2 Å². The zero-order valence-electron chi connectivity index (χ0n) is 15.6. The molecule has 0 fully saturated rings. The number of aromatic nitrogens is 2. The van der Waals surface area contributed by atoms with E-state index in [4.69, 9.17) is 18.7 Å². The third-order valence-corrected chi connectivity index (χ3v) is 5.28. The lowest BCUT2D eigenvalue weighted by molar-refractivity contribution is 0.174. The molecule has 0 saturated carbocycles. The van der Waals surface area contributed by atoms with Crippen molar-refractivity contribution >= 4 is 0 Å². The van der Waals surface area contributed by atoms with E-state index in [0.29, 0.717) is 30.1 Å². The lowest BCUT2D eigenvalue weighted by Gasteiger charge is -2.25. The summed E-state index contributed by atoms with van der Waals surface area (Å²) in [6.07, 6.45) is 3.12. The summed E-state index contributed by atoms with van der Waals surface area (Å²) in [5.41, 5.74) is 3.57. The summed E-state index contributed by atoms with van der Waals surface area (Å²) in [7, 11) is 1.70. The molecule has 0 spiro atoms. The topological polar surface area (TPSA) is 78.6 Å². The van der Waals surface area contributed by atoms with Crippen molar-refractivity contribution < 1.29 is 18.7 Å². The van der Waals surface area contributed by atoms with Crippen LogP contribution in [0.15, 0.2) is 40.9 Å². The molecule has 1 unspecified atom stereocenters. The van der Waals surface area contributed by atoms with Crippen LogP contribution in [0.5, 0.6) is 17.2 Å². The lowest BCUT2D eigenvalue weighted by Crippen LogP contribution is -2.34. The SMILES string of the molecule is COc1ccc2c(c1)CC(NCc1noc(-c3ccc4c(c3)OCO4)n1)CC2. The third-order valence-electron chi connectivity index (χ3n) is 5.28. The van der Waals surface area contributed by atoms with Crippen LogP contribution in [0.1, 0.15) is 23.4 Å². The number of hydrogen-bond acceptors (Lipinski definition) is 7. The van der Waals surface area contributed by atoms with Crippen molar-refractivity contribution in [3.63, 3.8) is 0 Å². The van der Waals surface area contributed by atoms with E-state index in [-0.39, 0.29) is 6.79 Å². The highest BCUT2D eigenvalue weighted by molar-refractivity contribution is 5.60. The summed E-state index contributed by atoms with van der Waals surface area (Å²) in [6.45, 7) is 0.812. The molecule has 0 bridgehead atoms. The first-order valence-corrected chi connectivity index (χ1v) is 9.40. The quantitative estimate of drug-likeness (QED) is 0.730. The Balaban J connectivity index is 1.23. The van der Waals surface area contributed by atoms with Gasteiger partial charge in [-0.3, -0.25) is 0 Å². The Hall–Kier alpha value is -3.06. The summed E-state index contributed by atoms with van der Waals surface area (Å²) in [6, 6.07) is 12.3. The molecule has 2 heterocycles. The van der Waals surface area contributed by atoms with Crippen molar-refractivity contribution in [2.75, 3.05) is 13.9 Å². The molecule has 3 aromatic rings. The summed E-state index contributed by atoms with van der Waals surface area (Å²) in [5, 5.41) is 7.65. The molecular weight excluding hydrogens is 358 g/mol. The van der Waals surface area contributed by atoms with E-state index in [1.54, 1.807) is 7.11 Å². The molecule has 2 aromatic carbocycles. The predicted molar refractivity (Wildman–Crippen MR) is 102 cm³/mol. The fourth-order valence-corrected chi connectivity index (χ4v) is 3.74. The number of aryl methyl sites for hydroxylation is 1. The molecule has 28 heavy (non-hydrogen) atoms. The highest BCUT2D eigenvalue weighted by Crippen LogP contribution is 2.35. The molecular formula is C21H21N3O4. The molecule has 1 atom stereocenters. The van der Waals surface area contributed by atoms with Crippen LogP contribution in [0.4, 0.5) is 0 Å². The van der Waals surface area contributed by atoms with Crippen LogP contribution in [-0.2, 0) is 19.4 Å². The van der Waals surface area contributed by atoms with Crippen LogP contribution in [0.3, 0.4) is 0 Å². The van der Waals surface area contributed by atoms with Crippen LogP contribution in [0.2, 0.25) is 0 Å². The second-order valence-electron chi connectivity index (χ2n) is 7.04. The number of hydrogen-bond donors (Lipinski definition) is 1. The molecule has 1 N–H and O–H groups in total. The van der Waals surface area contributed by atoms with E-state index in [2.05, 4.69) is 27.6 Å². The van der Waals surface area contributed by atoms with Gasteiger partial charge in [0.2, 0.25) is 6.79 Å². The first kappa shape index (κ1) is 17.1. The van der Waals surface area contributed by atoms with Gasteiger partial charge in [0.15, 0.2) is 17.3 Å². The largest absolute Gasteiger partial charge is 0.497 e. The summed E-state index contributed by atoms with van der Waals surface area (Å²) in [4.78, 5) is 4.51. The van der Waals surface area contributed by atoms with Gasteiger partial charge in [-0.15, -0.1) is 0 Å². The van der Waals surface area contributed by atoms with Crippen molar-refractivity contribution in [1.82, 2.24) is 15.5 Å². The predicted octanol–water partition coefficient (Wildman–Crippen LogP) is 3.12. The number of fused-ring (bicyclic) bond motifs is 2. The van der Waals surface area contributed by atoms with Crippen LogP contribution in [-0.4, -0.2) is 30.1 Å². The lowest BCUT2D eigenvalue weighted by atomic mass is 9.88. The fourth-order valence-electron chi connectivity index (χ4n) is 3.74. The van der Waals surface area contributed by atoms with Crippen molar-refractivity contribution in [3.05, 3.63) is 53.3 Å². The van der Waals surface area contributed by atoms with Crippen molar-refractivity contribution in [2.24, 2.45) is 0 Å². The minimum absolute atomic E-state index is 0.244. The zero-order chi connectivity index (χ0) is 18.9. The van der Waals surface area contributed by atoms with Gasteiger partial charge < -0.3 is 24.1 Å². The molecule has 0 radical (unpaired) electrons. The minimum Gasteiger partial charge on any atom is -0.497 e. The Morgan fingerprint density at radius 2 is 2.04 bits per heavy atom. The molecule has 0 amide bonds. The highest BCUT2D eigenvalue weighted by atomic mass is 16.7. The maximum absolute atomic E-state index is 5.42. The number of rotatable bonds is 5. The van der Waals surface area contributed by atoms with E-state index >= 15 is 0 Å². The normalized spacial score (nSPS) is 17.4. The Kier molecular flexibility index (Phi) is 4.37. The van der Waals surface area contributed by atoms with Gasteiger partial charge in [0.1, 0.15) is 5.75 Å². The van der Waals surface area contributed by atoms with Crippen LogP contribution in [0, 0.1) is 0 Å². The molecule has 0 saturated heterocycles. The van der Waals surface area contributed by atoms with E-state index in [1.165, 1.54) is 11.1 Å². The third kappa shape index (κ3) is 3.29. The second kappa shape index (κ2) is 7.16. The van der Waals surface area contributed by atoms with Gasteiger partial charge in [0.05, 0.1) is 13.7 Å². The van der Waals surface area contributed by atoms with E-state index in [1.807, 2.05) is 24.3 Å². The van der Waals surface area contributed by atoms with Gasteiger partial charge in [-0.05, 0) is 60.7 Å². The second-order valence-corrected chi connectivity index (χ2v) is 7.04. The monoisotopic (exact) mass is 379 g/mol. The Morgan fingerprint density at radius 3 is 2.96 bits per heavy atom. The smallest absolute Gasteiger partial charge is 0.258 e. The standard InChI is InChI=1S/C21H21N3O4/c1-25-17-6-3-13-2-5-16(8-15(13)9-17)22-11-20-23-21(28-24-20)14-4-7-18-19(10-14)27-12-26-18/h3-4,6-7,9-10,16,22H,2,5,8,11-12H2,1H3. The molecule has 7 nitrogen and oxygen atoms in total. The Labute approximate surface area is 162 Å². The first-order valence-electron chi connectivity index (χ1n) is 9.40. The van der Waals surface area contributed by atoms with E-state index in [9.17, 15) is 0 Å². The maximum atomic E-state index is 5.42. The van der Waals surface area contributed by atoms with Crippen LogP contribution < -0.4 is 19.5 Å². The maximum Gasteiger partial charge on any atom is 0.258 e. The average molecular weight is 379 g/mol. The zero-order valence-corrected chi connectivity index (χ0v) is 15.6. The van der Waals surface area contributed by atoms with Gasteiger partial charge in [-0.2, -0.15) is 4.98 Å². The van der Waals surface area contributed by atoms with E-state index in [0.717, 1.165) is 36.3 Å². The number of ether oxygens (including phenoxy) is 3. The molecule has 1 aromatic heterocycles. The Morgan fingerprint density at radius 1 is 1.11 bits per heavy atom. The summed E-state index contributed by atoms with van der Waals surface area (Å²) in [5.74, 6) is 3.47. The van der Waals surface area contributed by atoms with Gasteiger partial charge in [0, 0.05) is 11.6 Å². The van der Waals surface area contributed by atoms with Crippen molar-refractivity contribution in [1.29, 1.82) is 0 Å². The molecule has 7 heteroatoms. The van der Waals surface area contributed by atoms with Crippen molar-refractivity contribution in [2.45, 2.75) is 31.8 Å². The molecule has 2 aliphatic rings. The van der Waals surface area contributed by atoms with E-state index < -0.39 is 0 Å². The van der Waals surface area contributed by atoms with Gasteiger partial charge >= 0.3 is 0 Å². The first-order chi connectivity index (χ1) is 13.8. The number of nitrogens with zero attached hydrogens (tertiary/aromatic N) is 2. The summed E-state index contributed by atoms with van der Waals surface area (Å²) >= 11 is 0. The molecule has 1 aliphatic carbocycles. The number of methoxy groups -OCH3 is 1. The number of nitrogens with one attached hydrogen (secondary N) is 1. The summed E-state index contributed by atoms with van der Waals surface area (Å²) < 4.78 is 21.5. The minimum atomic E-state index is 0.244. The van der Waals surface area contributed by atoms with Gasteiger partial charge in [-0.25, -0.2) is 0 Å².